The summed E-state index contributed by atoms with van der Waals surface area (Å²) in [6.45, 7) is 3.82. The molecule has 0 radical (unpaired) electrons. The van der Waals surface area contributed by atoms with E-state index in [4.69, 9.17) is 4.74 Å². The van der Waals surface area contributed by atoms with Crippen LogP contribution in [0.4, 0.5) is 0 Å². The smallest absolute Gasteiger partial charge is 0.119 e. The Kier molecular flexibility index (Phi) is 4.63. The van der Waals surface area contributed by atoms with Gasteiger partial charge in [-0.3, -0.25) is 0 Å². The molecule has 17 heavy (non-hydrogen) atoms. The van der Waals surface area contributed by atoms with E-state index in [2.05, 4.69) is 29.6 Å². The first-order chi connectivity index (χ1) is 8.38. The molecule has 1 aliphatic rings. The maximum Gasteiger partial charge on any atom is 0.119 e. The second kappa shape index (κ2) is 6.45. The Bertz CT molecular complexity index is 369. The number of rotatable bonds is 7. The predicted molar refractivity (Wildman–Crippen MR) is 72.3 cm³/mol. The number of hydrogen-bond acceptors (Lipinski definition) is 2. The molecular formula is C15H21NO. The Labute approximate surface area is 104 Å². The lowest BCUT2D eigenvalue weighted by Crippen LogP contribution is -2.16. The summed E-state index contributed by atoms with van der Waals surface area (Å²) < 4.78 is 5.47. The lowest BCUT2D eigenvalue weighted by atomic mass is 10.2. The quantitative estimate of drug-likeness (QED) is 0.727. The van der Waals surface area contributed by atoms with E-state index in [0.29, 0.717) is 0 Å². The summed E-state index contributed by atoms with van der Waals surface area (Å²) in [6.07, 6.45) is 8.20. The van der Waals surface area contributed by atoms with E-state index in [1.807, 2.05) is 19.1 Å². The first-order valence-electron chi connectivity index (χ1n) is 6.51. The Hall–Kier alpha value is -1.28. The second-order valence-electron chi connectivity index (χ2n) is 4.42. The van der Waals surface area contributed by atoms with Gasteiger partial charge in [0.2, 0.25) is 0 Å². The SMILES string of the molecule is CCOc1cccc(C=CCCNC2CC2)c1. The van der Waals surface area contributed by atoms with Crippen LogP contribution in [0.5, 0.6) is 5.75 Å². The maximum atomic E-state index is 5.47. The van der Waals surface area contributed by atoms with E-state index in [-0.39, 0.29) is 0 Å². The molecule has 0 aliphatic heterocycles. The van der Waals surface area contributed by atoms with E-state index in [1.54, 1.807) is 0 Å². The van der Waals surface area contributed by atoms with Gasteiger partial charge in [-0.25, -0.2) is 0 Å². The van der Waals surface area contributed by atoms with Crippen molar-refractivity contribution in [1.29, 1.82) is 0 Å². The molecule has 2 rings (SSSR count). The van der Waals surface area contributed by atoms with Gasteiger partial charge in [-0.2, -0.15) is 0 Å². The Morgan fingerprint density at radius 1 is 1.41 bits per heavy atom. The second-order valence-corrected chi connectivity index (χ2v) is 4.42. The largest absolute Gasteiger partial charge is 0.494 e. The number of nitrogens with one attached hydrogen (secondary N) is 1. The van der Waals surface area contributed by atoms with Gasteiger partial charge in [-0.05, 0) is 50.4 Å². The van der Waals surface area contributed by atoms with Gasteiger partial charge in [0.15, 0.2) is 0 Å². The normalized spacial score (nSPS) is 15.4. The monoisotopic (exact) mass is 231 g/mol. The molecule has 1 aromatic rings. The third-order valence-corrected chi connectivity index (χ3v) is 2.80. The molecule has 0 unspecified atom stereocenters. The first kappa shape index (κ1) is 12.2. The molecule has 0 atom stereocenters. The Balaban J connectivity index is 1.75. The molecule has 2 heteroatoms. The van der Waals surface area contributed by atoms with Crippen LogP contribution in [0.2, 0.25) is 0 Å². The molecule has 1 aromatic carbocycles. The zero-order valence-corrected chi connectivity index (χ0v) is 10.5. The number of benzene rings is 1. The maximum absolute atomic E-state index is 5.47. The van der Waals surface area contributed by atoms with Crippen molar-refractivity contribution >= 4 is 6.08 Å². The number of ether oxygens (including phenoxy) is 1. The third kappa shape index (κ3) is 4.61. The van der Waals surface area contributed by atoms with Gasteiger partial charge in [0.1, 0.15) is 5.75 Å². The third-order valence-electron chi connectivity index (χ3n) is 2.80. The molecule has 92 valence electrons. The average molecular weight is 231 g/mol. The highest BCUT2D eigenvalue weighted by Crippen LogP contribution is 2.18. The summed E-state index contributed by atoms with van der Waals surface area (Å²) in [5.41, 5.74) is 1.21. The highest BCUT2D eigenvalue weighted by molar-refractivity contribution is 5.51. The van der Waals surface area contributed by atoms with E-state index >= 15 is 0 Å². The van der Waals surface area contributed by atoms with Crippen molar-refractivity contribution in [3.8, 4) is 5.75 Å². The van der Waals surface area contributed by atoms with Crippen LogP contribution in [0.25, 0.3) is 6.08 Å². The summed E-state index contributed by atoms with van der Waals surface area (Å²) in [5.74, 6) is 0.950. The van der Waals surface area contributed by atoms with E-state index < -0.39 is 0 Å². The fraction of sp³-hybridized carbons (Fsp3) is 0.467. The summed E-state index contributed by atoms with van der Waals surface area (Å²) in [4.78, 5) is 0. The van der Waals surface area contributed by atoms with Gasteiger partial charge >= 0.3 is 0 Å². The minimum Gasteiger partial charge on any atom is -0.494 e. The molecule has 0 bridgehead atoms. The van der Waals surface area contributed by atoms with Gasteiger partial charge in [-0.15, -0.1) is 0 Å². The van der Waals surface area contributed by atoms with Crippen molar-refractivity contribution in [1.82, 2.24) is 5.32 Å². The Morgan fingerprint density at radius 3 is 3.06 bits per heavy atom. The molecule has 2 nitrogen and oxygen atoms in total. The lowest BCUT2D eigenvalue weighted by molar-refractivity contribution is 0.340. The van der Waals surface area contributed by atoms with Crippen molar-refractivity contribution in [2.75, 3.05) is 13.2 Å². The first-order valence-corrected chi connectivity index (χ1v) is 6.51. The van der Waals surface area contributed by atoms with Crippen molar-refractivity contribution < 1.29 is 4.74 Å². The molecule has 1 aliphatic carbocycles. The molecule has 1 N–H and O–H groups in total. The zero-order chi connectivity index (χ0) is 11.9. The fourth-order valence-electron chi connectivity index (χ4n) is 1.75. The summed E-state index contributed by atoms with van der Waals surface area (Å²) in [7, 11) is 0. The van der Waals surface area contributed by atoms with Gasteiger partial charge in [0, 0.05) is 6.04 Å². The molecule has 0 amide bonds. The van der Waals surface area contributed by atoms with Crippen LogP contribution in [-0.2, 0) is 0 Å². The summed E-state index contributed by atoms with van der Waals surface area (Å²) in [6, 6.07) is 9.02. The molecule has 0 aromatic heterocycles. The van der Waals surface area contributed by atoms with Crippen LogP contribution in [0.3, 0.4) is 0 Å². The summed E-state index contributed by atoms with van der Waals surface area (Å²) in [5, 5.41) is 3.50. The van der Waals surface area contributed by atoms with E-state index in [0.717, 1.165) is 31.4 Å². The minimum atomic E-state index is 0.721. The molecule has 1 saturated carbocycles. The van der Waals surface area contributed by atoms with Crippen LogP contribution in [-0.4, -0.2) is 19.2 Å². The lowest BCUT2D eigenvalue weighted by Gasteiger charge is -2.03. The van der Waals surface area contributed by atoms with Gasteiger partial charge in [0.25, 0.3) is 0 Å². The van der Waals surface area contributed by atoms with E-state index in [9.17, 15) is 0 Å². The molecule has 0 spiro atoms. The molecule has 1 fully saturated rings. The van der Waals surface area contributed by atoms with Crippen LogP contribution < -0.4 is 10.1 Å². The van der Waals surface area contributed by atoms with Gasteiger partial charge < -0.3 is 10.1 Å². The zero-order valence-electron chi connectivity index (χ0n) is 10.5. The topological polar surface area (TPSA) is 21.3 Å². The molecular weight excluding hydrogens is 210 g/mol. The highest BCUT2D eigenvalue weighted by Gasteiger charge is 2.19. The summed E-state index contributed by atoms with van der Waals surface area (Å²) >= 11 is 0. The van der Waals surface area contributed by atoms with Crippen molar-refractivity contribution in [3.63, 3.8) is 0 Å². The van der Waals surface area contributed by atoms with Crippen molar-refractivity contribution in [2.45, 2.75) is 32.2 Å². The van der Waals surface area contributed by atoms with Crippen molar-refractivity contribution in [3.05, 3.63) is 35.9 Å². The predicted octanol–water partition coefficient (Wildman–Crippen LogP) is 3.24. The van der Waals surface area contributed by atoms with Crippen LogP contribution >= 0.6 is 0 Å². The minimum absolute atomic E-state index is 0.721. The van der Waals surface area contributed by atoms with Crippen LogP contribution in [0.1, 0.15) is 31.7 Å². The molecule has 0 heterocycles. The highest BCUT2D eigenvalue weighted by atomic mass is 16.5. The molecule has 0 saturated heterocycles. The van der Waals surface area contributed by atoms with Gasteiger partial charge in [-0.1, -0.05) is 24.3 Å². The van der Waals surface area contributed by atoms with Crippen LogP contribution in [0.15, 0.2) is 30.3 Å². The Morgan fingerprint density at radius 2 is 2.29 bits per heavy atom. The van der Waals surface area contributed by atoms with Crippen molar-refractivity contribution in [2.24, 2.45) is 0 Å². The fourth-order valence-corrected chi connectivity index (χ4v) is 1.75. The average Bonchev–Trinajstić information content (AvgIpc) is 3.14. The van der Waals surface area contributed by atoms with Gasteiger partial charge in [0.05, 0.1) is 6.61 Å². The standard InChI is InChI=1S/C15H21NO/c1-2-17-15-8-5-7-13(12-15)6-3-4-11-16-14-9-10-14/h3,5-8,12,14,16H,2,4,9-11H2,1H3. The number of hydrogen-bond donors (Lipinski definition) is 1. The van der Waals surface area contributed by atoms with Crippen LogP contribution in [0, 0.1) is 0 Å². The van der Waals surface area contributed by atoms with E-state index in [1.165, 1.54) is 18.4 Å².